The summed E-state index contributed by atoms with van der Waals surface area (Å²) in [5, 5.41) is 19.6. The number of aromatic nitrogens is 3. The average Bonchev–Trinajstić information content (AvgIpc) is 3.35. The highest BCUT2D eigenvalue weighted by Gasteiger charge is 2.38. The number of aliphatic hydroxyl groups excluding tert-OH is 2. The third-order valence-electron chi connectivity index (χ3n) is 5.97. The van der Waals surface area contributed by atoms with Crippen molar-refractivity contribution in [3.8, 4) is 17.3 Å². The van der Waals surface area contributed by atoms with Crippen molar-refractivity contribution in [1.29, 1.82) is 0 Å². The summed E-state index contributed by atoms with van der Waals surface area (Å²) >= 11 is 6.46. The molecular formula is C22H23ClF2N4O4. The fraction of sp³-hybridized carbons (Fsp3) is 0.455. The normalized spacial score (nSPS) is 25.0. The SMILES string of the molecule is OC[C@H]1OC[C@H](Oc2nc3nc(-c4ccc(N5CCC(F)(F)C5)cc4)c(Cl)cc3[nH]2)C[C@@H]1O. The van der Waals surface area contributed by atoms with Crippen LogP contribution in [0, 0.1) is 0 Å². The zero-order valence-corrected chi connectivity index (χ0v) is 18.3. The average molecular weight is 481 g/mol. The molecule has 2 saturated heterocycles. The van der Waals surface area contributed by atoms with Crippen LogP contribution in [0.3, 0.4) is 0 Å². The summed E-state index contributed by atoms with van der Waals surface area (Å²) in [6.45, 7) is -0.00255. The van der Waals surface area contributed by atoms with Crippen molar-refractivity contribution in [3.63, 3.8) is 0 Å². The highest BCUT2D eigenvalue weighted by atomic mass is 35.5. The predicted molar refractivity (Wildman–Crippen MR) is 118 cm³/mol. The monoisotopic (exact) mass is 480 g/mol. The van der Waals surface area contributed by atoms with E-state index in [2.05, 4.69) is 15.0 Å². The van der Waals surface area contributed by atoms with E-state index in [4.69, 9.17) is 21.1 Å². The first kappa shape index (κ1) is 22.3. The minimum absolute atomic E-state index is 0.143. The summed E-state index contributed by atoms with van der Waals surface area (Å²) in [7, 11) is 0. The summed E-state index contributed by atoms with van der Waals surface area (Å²) in [4.78, 5) is 13.6. The van der Waals surface area contributed by atoms with Crippen LogP contribution in [0.4, 0.5) is 14.5 Å². The maximum absolute atomic E-state index is 13.5. The molecule has 8 nitrogen and oxygen atoms in total. The van der Waals surface area contributed by atoms with Gasteiger partial charge < -0.3 is 29.6 Å². The molecule has 0 aliphatic carbocycles. The van der Waals surface area contributed by atoms with Gasteiger partial charge in [-0.1, -0.05) is 23.7 Å². The van der Waals surface area contributed by atoms with E-state index in [9.17, 15) is 19.0 Å². The van der Waals surface area contributed by atoms with Crippen molar-refractivity contribution in [3.05, 3.63) is 35.4 Å². The maximum Gasteiger partial charge on any atom is 0.296 e. The molecule has 3 atom stereocenters. The Bertz CT molecular complexity index is 1140. The third-order valence-corrected chi connectivity index (χ3v) is 6.26. The molecular weight excluding hydrogens is 458 g/mol. The van der Waals surface area contributed by atoms with Crippen molar-refractivity contribution in [2.45, 2.75) is 37.1 Å². The standard InChI is InChI=1S/C22H23ClF2N4O4/c23-15-8-16-20(28-21(26-16)33-14-7-17(31)18(9-30)32-10-14)27-19(15)12-1-3-13(4-2-12)29-6-5-22(24,25)11-29/h1-4,8,14,17-18,30-31H,5-7,9-11H2,(H,26,27,28)/t14-,17+,18-/m1/s1. The quantitative estimate of drug-likeness (QED) is 0.515. The first-order valence-electron chi connectivity index (χ1n) is 10.7. The molecule has 0 bridgehead atoms. The number of imidazole rings is 1. The second kappa shape index (κ2) is 8.68. The van der Waals surface area contributed by atoms with Crippen molar-refractivity contribution >= 4 is 28.5 Å². The highest BCUT2D eigenvalue weighted by Crippen LogP contribution is 2.34. The van der Waals surface area contributed by atoms with Crippen LogP contribution in [0.15, 0.2) is 30.3 Å². The van der Waals surface area contributed by atoms with E-state index in [-0.39, 0.29) is 32.2 Å². The lowest BCUT2D eigenvalue weighted by molar-refractivity contribution is -0.131. The van der Waals surface area contributed by atoms with Crippen molar-refractivity contribution in [2.24, 2.45) is 0 Å². The second-order valence-corrected chi connectivity index (χ2v) is 8.81. The Morgan fingerprint density at radius 2 is 2.06 bits per heavy atom. The van der Waals surface area contributed by atoms with E-state index < -0.39 is 24.2 Å². The predicted octanol–water partition coefficient (Wildman–Crippen LogP) is 3.01. The summed E-state index contributed by atoms with van der Waals surface area (Å²) in [5.74, 6) is -2.66. The van der Waals surface area contributed by atoms with Crippen molar-refractivity contribution < 1.29 is 28.5 Å². The van der Waals surface area contributed by atoms with E-state index in [1.165, 1.54) is 0 Å². The molecule has 0 spiro atoms. The van der Waals surface area contributed by atoms with Gasteiger partial charge in [-0.05, 0) is 18.2 Å². The molecule has 4 heterocycles. The van der Waals surface area contributed by atoms with Crippen LogP contribution < -0.4 is 9.64 Å². The summed E-state index contributed by atoms with van der Waals surface area (Å²) in [5.41, 5.74) is 2.96. The summed E-state index contributed by atoms with van der Waals surface area (Å²) < 4.78 is 38.2. The largest absolute Gasteiger partial charge is 0.459 e. The fourth-order valence-corrected chi connectivity index (χ4v) is 4.45. The van der Waals surface area contributed by atoms with Crippen LogP contribution in [0.5, 0.6) is 6.01 Å². The Labute approximate surface area is 193 Å². The van der Waals surface area contributed by atoms with Crippen LogP contribution in [0.2, 0.25) is 5.02 Å². The van der Waals surface area contributed by atoms with Crippen molar-refractivity contribution in [2.75, 3.05) is 31.2 Å². The lowest BCUT2D eigenvalue weighted by Gasteiger charge is -2.31. The summed E-state index contributed by atoms with van der Waals surface area (Å²) in [6.07, 6.45) is -1.71. The number of hydrogen-bond donors (Lipinski definition) is 3. The molecule has 5 rings (SSSR count). The van der Waals surface area contributed by atoms with Gasteiger partial charge in [0.2, 0.25) is 0 Å². The molecule has 3 aromatic rings. The number of anilines is 1. The van der Waals surface area contributed by atoms with Gasteiger partial charge in [0.15, 0.2) is 5.65 Å². The number of hydrogen-bond acceptors (Lipinski definition) is 7. The van der Waals surface area contributed by atoms with Gasteiger partial charge in [0, 0.05) is 30.6 Å². The maximum atomic E-state index is 13.5. The first-order chi connectivity index (χ1) is 15.8. The lowest BCUT2D eigenvalue weighted by atomic mass is 10.0. The van der Waals surface area contributed by atoms with E-state index in [0.29, 0.717) is 34.8 Å². The zero-order valence-electron chi connectivity index (χ0n) is 17.5. The number of rotatable bonds is 5. The topological polar surface area (TPSA) is 104 Å². The van der Waals surface area contributed by atoms with Gasteiger partial charge in [-0.3, -0.25) is 0 Å². The smallest absolute Gasteiger partial charge is 0.296 e. The van der Waals surface area contributed by atoms with E-state index >= 15 is 0 Å². The van der Waals surface area contributed by atoms with Gasteiger partial charge >= 0.3 is 0 Å². The first-order valence-corrected chi connectivity index (χ1v) is 11.1. The molecule has 0 unspecified atom stereocenters. The van der Waals surface area contributed by atoms with E-state index in [1.807, 2.05) is 0 Å². The van der Waals surface area contributed by atoms with E-state index in [0.717, 1.165) is 11.3 Å². The molecule has 11 heteroatoms. The number of aromatic amines is 1. The Morgan fingerprint density at radius 1 is 1.27 bits per heavy atom. The molecule has 0 saturated carbocycles. The molecule has 2 fully saturated rings. The van der Waals surface area contributed by atoms with Crippen molar-refractivity contribution in [1.82, 2.24) is 15.0 Å². The fourth-order valence-electron chi connectivity index (χ4n) is 4.19. The van der Waals surface area contributed by atoms with E-state index in [1.54, 1.807) is 35.2 Å². The lowest BCUT2D eigenvalue weighted by Crippen LogP contribution is -2.45. The number of ether oxygens (including phenoxy) is 2. The number of H-pyrrole nitrogens is 1. The van der Waals surface area contributed by atoms with Crippen LogP contribution >= 0.6 is 11.6 Å². The Hall–Kier alpha value is -2.53. The van der Waals surface area contributed by atoms with Crippen LogP contribution in [-0.2, 0) is 4.74 Å². The molecule has 33 heavy (non-hydrogen) atoms. The summed E-state index contributed by atoms with van der Waals surface area (Å²) in [6, 6.07) is 9.09. The molecule has 0 radical (unpaired) electrons. The number of pyridine rings is 1. The number of fused-ring (bicyclic) bond motifs is 1. The molecule has 3 N–H and O–H groups in total. The third kappa shape index (κ3) is 4.61. The van der Waals surface area contributed by atoms with Crippen LogP contribution in [0.25, 0.3) is 22.4 Å². The van der Waals surface area contributed by atoms with Gasteiger partial charge in [0.05, 0.1) is 42.1 Å². The number of halogens is 3. The Morgan fingerprint density at radius 3 is 2.73 bits per heavy atom. The minimum atomic E-state index is -2.66. The van der Waals surface area contributed by atoms with Gasteiger partial charge in [0.25, 0.3) is 11.9 Å². The van der Waals surface area contributed by atoms with Crippen LogP contribution in [0.1, 0.15) is 12.8 Å². The zero-order chi connectivity index (χ0) is 23.2. The van der Waals surface area contributed by atoms with Gasteiger partial charge in [-0.2, -0.15) is 4.98 Å². The number of nitrogens with zero attached hydrogens (tertiary/aromatic N) is 3. The minimum Gasteiger partial charge on any atom is -0.459 e. The van der Waals surface area contributed by atoms with Gasteiger partial charge in [-0.25, -0.2) is 13.8 Å². The Kier molecular flexibility index (Phi) is 5.86. The number of alkyl halides is 2. The molecule has 0 amide bonds. The number of aliphatic hydroxyl groups is 2. The van der Waals surface area contributed by atoms with Gasteiger partial charge in [-0.15, -0.1) is 0 Å². The number of benzene rings is 1. The molecule has 176 valence electrons. The number of nitrogens with one attached hydrogen (secondary N) is 1. The molecule has 2 aliphatic rings. The molecule has 2 aromatic heterocycles. The molecule has 2 aliphatic heterocycles. The Balaban J connectivity index is 1.33. The molecule has 1 aromatic carbocycles. The van der Waals surface area contributed by atoms with Crippen LogP contribution in [-0.4, -0.2) is 75.7 Å². The van der Waals surface area contributed by atoms with Gasteiger partial charge in [0.1, 0.15) is 12.2 Å². The highest BCUT2D eigenvalue weighted by molar-refractivity contribution is 6.33. The second-order valence-electron chi connectivity index (χ2n) is 8.40.